The van der Waals surface area contributed by atoms with E-state index in [-0.39, 0.29) is 0 Å². The first-order valence-corrected chi connectivity index (χ1v) is 8.74. The van der Waals surface area contributed by atoms with Crippen molar-refractivity contribution in [2.45, 2.75) is 26.7 Å². The highest BCUT2D eigenvalue weighted by molar-refractivity contribution is 6.05. The van der Waals surface area contributed by atoms with Crippen LogP contribution in [0.1, 0.15) is 33.6 Å². The van der Waals surface area contributed by atoms with Gasteiger partial charge in [-0.1, -0.05) is 12.1 Å². The Bertz CT molecular complexity index is 758. The van der Waals surface area contributed by atoms with Crippen LogP contribution >= 0.6 is 0 Å². The van der Waals surface area contributed by atoms with Crippen LogP contribution in [0.15, 0.2) is 12.1 Å². The maximum atomic E-state index is 11.7. The predicted molar refractivity (Wildman–Crippen MR) is 97.0 cm³/mol. The van der Waals surface area contributed by atoms with Crippen molar-refractivity contribution in [3.05, 3.63) is 34.5 Å². The molecular formula is C19H27N3O2. The number of hydrogen-bond donors (Lipinski definition) is 2. The minimum absolute atomic E-state index is 0.437. The topological polar surface area (TPSA) is 57.5 Å². The Morgan fingerprint density at radius 2 is 1.96 bits per heavy atom. The molecule has 130 valence electrons. The molecular weight excluding hydrogens is 302 g/mol. The van der Waals surface area contributed by atoms with Gasteiger partial charge in [0.2, 0.25) is 0 Å². The lowest BCUT2D eigenvalue weighted by Crippen LogP contribution is -2.43. The van der Waals surface area contributed by atoms with Crippen LogP contribution in [-0.4, -0.2) is 53.3 Å². The molecule has 0 atom stereocenters. The number of carboxylic acids is 1. The fraction of sp³-hybridized carbons (Fsp3) is 0.526. The number of hydrogen-bond acceptors (Lipinski definition) is 3. The number of aromatic carboxylic acids is 1. The lowest BCUT2D eigenvalue weighted by atomic mass is 10.0. The van der Waals surface area contributed by atoms with Crippen molar-refractivity contribution in [1.29, 1.82) is 0 Å². The maximum absolute atomic E-state index is 11.7. The predicted octanol–water partition coefficient (Wildman–Crippen LogP) is 2.33. The van der Waals surface area contributed by atoms with Crippen molar-refractivity contribution in [3.63, 3.8) is 0 Å². The Hall–Kier alpha value is -1.85. The van der Waals surface area contributed by atoms with E-state index in [9.17, 15) is 9.90 Å². The molecule has 1 aromatic carbocycles. The van der Waals surface area contributed by atoms with Crippen molar-refractivity contribution in [2.24, 2.45) is 7.05 Å². The minimum atomic E-state index is -0.842. The maximum Gasteiger partial charge on any atom is 0.338 e. The van der Waals surface area contributed by atoms with Gasteiger partial charge in [-0.15, -0.1) is 0 Å². The van der Waals surface area contributed by atoms with E-state index in [1.807, 2.05) is 24.6 Å². The Balaban J connectivity index is 1.87. The van der Waals surface area contributed by atoms with Gasteiger partial charge in [0, 0.05) is 44.3 Å². The number of aryl methyl sites for hydroxylation is 3. The van der Waals surface area contributed by atoms with Crippen LogP contribution in [0.5, 0.6) is 0 Å². The Morgan fingerprint density at radius 3 is 2.62 bits per heavy atom. The van der Waals surface area contributed by atoms with Gasteiger partial charge in [-0.3, -0.25) is 0 Å². The largest absolute Gasteiger partial charge is 0.478 e. The fourth-order valence-corrected chi connectivity index (χ4v) is 3.85. The van der Waals surface area contributed by atoms with Gasteiger partial charge in [-0.25, -0.2) is 4.79 Å². The molecule has 0 unspecified atom stereocenters. The van der Waals surface area contributed by atoms with Gasteiger partial charge in [-0.05, 0) is 44.4 Å². The standard InChI is InChI=1S/C19H27N3O2/c1-13-6-7-16-15(5-4-10-22-11-8-20-9-12-22)14(2)21(3)18(16)17(13)19(23)24/h6-7,20H,4-5,8-12H2,1-3H3,(H,23,24). The molecule has 5 heteroatoms. The van der Waals surface area contributed by atoms with Crippen LogP contribution < -0.4 is 5.32 Å². The molecule has 0 spiro atoms. The summed E-state index contributed by atoms with van der Waals surface area (Å²) in [6.07, 6.45) is 2.10. The summed E-state index contributed by atoms with van der Waals surface area (Å²) in [7, 11) is 1.98. The second-order valence-electron chi connectivity index (χ2n) is 6.78. The molecule has 5 nitrogen and oxygen atoms in total. The summed E-state index contributed by atoms with van der Waals surface area (Å²) in [5.74, 6) is -0.842. The van der Waals surface area contributed by atoms with E-state index in [4.69, 9.17) is 0 Å². The highest BCUT2D eigenvalue weighted by Crippen LogP contribution is 2.30. The number of benzene rings is 1. The molecule has 0 saturated carbocycles. The molecule has 0 bridgehead atoms. The first kappa shape index (κ1) is 17.0. The summed E-state index contributed by atoms with van der Waals surface area (Å²) < 4.78 is 2.05. The molecule has 1 aromatic heterocycles. The third-order valence-corrected chi connectivity index (χ3v) is 5.31. The van der Waals surface area contributed by atoms with Gasteiger partial charge in [0.25, 0.3) is 0 Å². The Kier molecular flexibility index (Phi) is 4.92. The molecule has 0 amide bonds. The van der Waals surface area contributed by atoms with Crippen LogP contribution in [-0.2, 0) is 13.5 Å². The zero-order valence-electron chi connectivity index (χ0n) is 14.9. The van der Waals surface area contributed by atoms with Crippen molar-refractivity contribution in [2.75, 3.05) is 32.7 Å². The Morgan fingerprint density at radius 1 is 1.25 bits per heavy atom. The van der Waals surface area contributed by atoms with Crippen molar-refractivity contribution < 1.29 is 9.90 Å². The summed E-state index contributed by atoms with van der Waals surface area (Å²) in [4.78, 5) is 14.2. The van der Waals surface area contributed by atoms with Gasteiger partial charge in [0.15, 0.2) is 0 Å². The molecule has 3 rings (SSSR count). The number of piperazine rings is 1. The van der Waals surface area contributed by atoms with Crippen LogP contribution in [0.3, 0.4) is 0 Å². The molecule has 1 fully saturated rings. The van der Waals surface area contributed by atoms with Crippen LogP contribution in [0, 0.1) is 13.8 Å². The molecule has 2 N–H and O–H groups in total. The summed E-state index contributed by atoms with van der Waals surface area (Å²) in [6, 6.07) is 4.02. The van der Waals surface area contributed by atoms with Crippen LogP contribution in [0.4, 0.5) is 0 Å². The molecule has 2 heterocycles. The average molecular weight is 329 g/mol. The number of rotatable bonds is 5. The van der Waals surface area contributed by atoms with Gasteiger partial charge in [0.1, 0.15) is 0 Å². The second kappa shape index (κ2) is 6.95. The molecule has 1 aliphatic heterocycles. The Labute approximate surface area is 143 Å². The number of carbonyl (C=O) groups is 1. The van der Waals surface area contributed by atoms with Gasteiger partial charge in [0.05, 0.1) is 11.1 Å². The van der Waals surface area contributed by atoms with Crippen molar-refractivity contribution in [1.82, 2.24) is 14.8 Å². The van der Waals surface area contributed by atoms with Gasteiger partial charge >= 0.3 is 5.97 Å². The molecule has 1 saturated heterocycles. The molecule has 0 aliphatic carbocycles. The highest BCUT2D eigenvalue weighted by atomic mass is 16.4. The van der Waals surface area contributed by atoms with E-state index in [1.54, 1.807) is 0 Å². The van der Waals surface area contributed by atoms with E-state index in [2.05, 4.69) is 23.2 Å². The zero-order valence-corrected chi connectivity index (χ0v) is 14.9. The summed E-state index contributed by atoms with van der Waals surface area (Å²) >= 11 is 0. The third kappa shape index (κ3) is 3.06. The second-order valence-corrected chi connectivity index (χ2v) is 6.78. The monoisotopic (exact) mass is 329 g/mol. The number of carboxylic acid groups (broad SMARTS) is 1. The fourth-order valence-electron chi connectivity index (χ4n) is 3.85. The van der Waals surface area contributed by atoms with E-state index in [1.165, 1.54) is 11.3 Å². The van der Waals surface area contributed by atoms with Gasteiger partial charge < -0.3 is 19.9 Å². The number of nitrogens with one attached hydrogen (secondary N) is 1. The van der Waals surface area contributed by atoms with E-state index in [0.717, 1.165) is 62.0 Å². The molecule has 2 aromatic rings. The summed E-state index contributed by atoms with van der Waals surface area (Å²) in [5.41, 5.74) is 4.59. The first-order valence-electron chi connectivity index (χ1n) is 8.74. The number of fused-ring (bicyclic) bond motifs is 1. The van der Waals surface area contributed by atoms with E-state index >= 15 is 0 Å². The van der Waals surface area contributed by atoms with E-state index in [0.29, 0.717) is 5.56 Å². The molecule has 24 heavy (non-hydrogen) atoms. The average Bonchev–Trinajstić information content (AvgIpc) is 2.80. The van der Waals surface area contributed by atoms with Crippen molar-refractivity contribution in [3.8, 4) is 0 Å². The zero-order chi connectivity index (χ0) is 17.3. The van der Waals surface area contributed by atoms with Crippen LogP contribution in [0.25, 0.3) is 10.9 Å². The van der Waals surface area contributed by atoms with Gasteiger partial charge in [-0.2, -0.15) is 0 Å². The minimum Gasteiger partial charge on any atom is -0.478 e. The lowest BCUT2D eigenvalue weighted by Gasteiger charge is -2.27. The number of nitrogens with zero attached hydrogens (tertiary/aromatic N) is 2. The highest BCUT2D eigenvalue weighted by Gasteiger charge is 2.20. The molecule has 1 aliphatic rings. The lowest BCUT2D eigenvalue weighted by molar-refractivity contribution is 0.0698. The third-order valence-electron chi connectivity index (χ3n) is 5.31. The molecule has 0 radical (unpaired) electrons. The number of aromatic nitrogens is 1. The first-order chi connectivity index (χ1) is 11.5. The normalized spacial score (nSPS) is 16.0. The van der Waals surface area contributed by atoms with Crippen LogP contribution in [0.2, 0.25) is 0 Å². The smallest absolute Gasteiger partial charge is 0.338 e. The quantitative estimate of drug-likeness (QED) is 0.884. The summed E-state index contributed by atoms with van der Waals surface area (Å²) in [6.45, 7) is 9.47. The summed E-state index contributed by atoms with van der Waals surface area (Å²) in [5, 5.41) is 14.1. The van der Waals surface area contributed by atoms with E-state index < -0.39 is 5.97 Å². The van der Waals surface area contributed by atoms with Crippen molar-refractivity contribution >= 4 is 16.9 Å². The SMILES string of the molecule is Cc1ccc2c(CCCN3CCNCC3)c(C)n(C)c2c1C(=O)O.